The maximum atomic E-state index is 9.88. The highest BCUT2D eigenvalue weighted by molar-refractivity contribution is 9.11. The van der Waals surface area contributed by atoms with E-state index in [9.17, 15) is 5.11 Å². The maximum Gasteiger partial charge on any atom is 0.0923 e. The van der Waals surface area contributed by atoms with E-state index in [0.717, 1.165) is 24.1 Å². The van der Waals surface area contributed by atoms with Crippen LogP contribution in [0.2, 0.25) is 0 Å². The third-order valence-corrected chi connectivity index (χ3v) is 2.72. The van der Waals surface area contributed by atoms with Crippen LogP contribution >= 0.6 is 15.9 Å². The fraction of sp³-hybridized carbons (Fsp3) is 0.778. The highest BCUT2D eigenvalue weighted by atomic mass is 79.9. The Hall–Kier alpha value is 0.140. The number of β-amino-alcohol motifs (C(OH)–C–C–N with tert-alkyl or cyclic N) is 1. The van der Waals surface area contributed by atoms with Gasteiger partial charge in [0.05, 0.1) is 5.60 Å². The van der Waals surface area contributed by atoms with Gasteiger partial charge in [-0.2, -0.15) is 0 Å². The summed E-state index contributed by atoms with van der Waals surface area (Å²) in [7, 11) is 0. The van der Waals surface area contributed by atoms with Crippen LogP contribution in [0.25, 0.3) is 0 Å². The molecule has 12 heavy (non-hydrogen) atoms. The first-order chi connectivity index (χ1) is 5.44. The molecule has 1 heterocycles. The fourth-order valence-corrected chi connectivity index (χ4v) is 1.80. The van der Waals surface area contributed by atoms with E-state index < -0.39 is 5.60 Å². The molecule has 1 aliphatic heterocycles. The zero-order valence-corrected chi connectivity index (χ0v) is 9.26. The molecule has 3 heteroatoms. The number of hydrogen-bond acceptors (Lipinski definition) is 2. The molecule has 1 fully saturated rings. The lowest BCUT2D eigenvalue weighted by atomic mass is 9.83. The molecule has 0 amide bonds. The van der Waals surface area contributed by atoms with E-state index in [1.807, 2.05) is 0 Å². The molecule has 1 aliphatic rings. The van der Waals surface area contributed by atoms with E-state index in [4.69, 9.17) is 0 Å². The van der Waals surface area contributed by atoms with Crippen molar-refractivity contribution in [2.45, 2.75) is 19.4 Å². The molecule has 0 aromatic carbocycles. The predicted molar refractivity (Wildman–Crippen MR) is 54.3 cm³/mol. The third kappa shape index (κ3) is 2.09. The summed E-state index contributed by atoms with van der Waals surface area (Å²) >= 11 is 3.31. The minimum absolute atomic E-state index is 0.345. The van der Waals surface area contributed by atoms with Crippen LogP contribution in [-0.2, 0) is 0 Å². The molecule has 1 N–H and O–H groups in total. The number of halogens is 1. The van der Waals surface area contributed by atoms with Crippen LogP contribution in [0.5, 0.6) is 0 Å². The van der Waals surface area contributed by atoms with E-state index in [1.54, 1.807) is 0 Å². The van der Waals surface area contributed by atoms with Crippen molar-refractivity contribution in [2.24, 2.45) is 5.92 Å². The van der Waals surface area contributed by atoms with E-state index in [2.05, 4.69) is 41.3 Å². The molecular formula is C9H16BrNO. The summed E-state index contributed by atoms with van der Waals surface area (Å²) in [6, 6.07) is 0. The third-order valence-electron chi connectivity index (χ3n) is 2.46. The summed E-state index contributed by atoms with van der Waals surface area (Å²) in [5.41, 5.74) is -0.456. The van der Waals surface area contributed by atoms with Gasteiger partial charge in [0.1, 0.15) is 0 Å². The largest absolute Gasteiger partial charge is 0.387 e. The van der Waals surface area contributed by atoms with Gasteiger partial charge in [0, 0.05) is 24.1 Å². The van der Waals surface area contributed by atoms with Crippen LogP contribution in [0, 0.1) is 5.92 Å². The van der Waals surface area contributed by atoms with Crippen LogP contribution in [0.3, 0.4) is 0 Å². The summed E-state index contributed by atoms with van der Waals surface area (Å²) in [6.07, 6.45) is 0. The minimum atomic E-state index is -0.456. The molecule has 1 saturated heterocycles. The first-order valence-corrected chi connectivity index (χ1v) is 5.01. The lowest BCUT2D eigenvalue weighted by Gasteiger charge is -2.49. The van der Waals surface area contributed by atoms with Gasteiger partial charge < -0.3 is 5.11 Å². The van der Waals surface area contributed by atoms with Gasteiger partial charge in [-0.05, 0) is 5.92 Å². The van der Waals surface area contributed by atoms with Crippen molar-refractivity contribution in [1.82, 2.24) is 4.90 Å². The second kappa shape index (κ2) is 3.48. The highest BCUT2D eigenvalue weighted by Gasteiger charge is 2.43. The Balaban J connectivity index is 2.32. The molecule has 2 nitrogen and oxygen atoms in total. The molecule has 0 unspecified atom stereocenters. The smallest absolute Gasteiger partial charge is 0.0923 e. The average molecular weight is 234 g/mol. The lowest BCUT2D eigenvalue weighted by Crippen LogP contribution is -2.64. The Kier molecular flexibility index (Phi) is 2.97. The zero-order valence-electron chi connectivity index (χ0n) is 7.68. The van der Waals surface area contributed by atoms with Gasteiger partial charge in [0.15, 0.2) is 0 Å². The molecular weight excluding hydrogens is 218 g/mol. The van der Waals surface area contributed by atoms with E-state index in [0.29, 0.717) is 5.92 Å². The van der Waals surface area contributed by atoms with Gasteiger partial charge in [-0.25, -0.2) is 0 Å². The molecule has 0 aromatic rings. The van der Waals surface area contributed by atoms with Crippen molar-refractivity contribution in [3.63, 3.8) is 0 Å². The first-order valence-electron chi connectivity index (χ1n) is 4.22. The molecule has 0 aliphatic carbocycles. The summed E-state index contributed by atoms with van der Waals surface area (Å²) < 4.78 is 0.980. The van der Waals surface area contributed by atoms with Crippen molar-refractivity contribution < 1.29 is 5.11 Å². The molecule has 0 saturated carbocycles. The molecule has 0 spiro atoms. The van der Waals surface area contributed by atoms with Gasteiger partial charge >= 0.3 is 0 Å². The summed E-state index contributed by atoms with van der Waals surface area (Å²) in [6.45, 7) is 10.3. The van der Waals surface area contributed by atoms with Crippen molar-refractivity contribution in [3.05, 3.63) is 11.1 Å². The van der Waals surface area contributed by atoms with Crippen molar-refractivity contribution in [3.8, 4) is 0 Å². The number of nitrogens with zero attached hydrogens (tertiary/aromatic N) is 1. The quantitative estimate of drug-likeness (QED) is 0.801. The topological polar surface area (TPSA) is 23.5 Å². The molecule has 1 rings (SSSR count). The summed E-state index contributed by atoms with van der Waals surface area (Å²) in [4.78, 5) is 2.18. The van der Waals surface area contributed by atoms with Crippen LogP contribution in [0.15, 0.2) is 11.1 Å². The van der Waals surface area contributed by atoms with E-state index >= 15 is 0 Å². The molecule has 0 aromatic heterocycles. The SMILES string of the molecule is C=C(Br)CN1CC(O)(C(C)C)C1. The van der Waals surface area contributed by atoms with Crippen molar-refractivity contribution in [2.75, 3.05) is 19.6 Å². The second-order valence-corrected chi connectivity index (χ2v) is 5.04. The summed E-state index contributed by atoms with van der Waals surface area (Å²) in [5, 5.41) is 9.88. The second-order valence-electron chi connectivity index (χ2n) is 3.92. The van der Waals surface area contributed by atoms with Crippen LogP contribution < -0.4 is 0 Å². The Labute approximate surface area is 82.4 Å². The number of rotatable bonds is 3. The van der Waals surface area contributed by atoms with Gasteiger partial charge in [-0.1, -0.05) is 36.4 Å². The van der Waals surface area contributed by atoms with Gasteiger partial charge in [-0.3, -0.25) is 4.90 Å². The Morgan fingerprint density at radius 3 is 2.50 bits per heavy atom. The maximum absolute atomic E-state index is 9.88. The molecule has 0 radical (unpaired) electrons. The average Bonchev–Trinajstić information content (AvgIpc) is 1.82. The van der Waals surface area contributed by atoms with E-state index in [-0.39, 0.29) is 0 Å². The van der Waals surface area contributed by atoms with Gasteiger partial charge in [0.2, 0.25) is 0 Å². The lowest BCUT2D eigenvalue weighted by molar-refractivity contribution is -0.123. The number of aliphatic hydroxyl groups is 1. The standard InChI is InChI=1S/C9H16BrNO/c1-7(2)9(12)5-11(6-9)4-8(3)10/h7,12H,3-6H2,1-2H3. The van der Waals surface area contributed by atoms with E-state index in [1.165, 1.54) is 0 Å². The predicted octanol–water partition coefficient (Wildman–Crippen LogP) is 1.60. The highest BCUT2D eigenvalue weighted by Crippen LogP contribution is 2.29. The van der Waals surface area contributed by atoms with Crippen molar-refractivity contribution >= 4 is 15.9 Å². The Morgan fingerprint density at radius 1 is 1.67 bits per heavy atom. The number of likely N-dealkylation sites (tertiary alicyclic amines) is 1. The monoisotopic (exact) mass is 233 g/mol. The van der Waals surface area contributed by atoms with Crippen LogP contribution in [-0.4, -0.2) is 35.2 Å². The minimum Gasteiger partial charge on any atom is -0.387 e. The molecule has 70 valence electrons. The fourth-order valence-electron chi connectivity index (χ4n) is 1.45. The normalized spacial score (nSPS) is 22.4. The Morgan fingerprint density at radius 2 is 2.17 bits per heavy atom. The van der Waals surface area contributed by atoms with Crippen molar-refractivity contribution in [1.29, 1.82) is 0 Å². The first kappa shape index (κ1) is 10.2. The van der Waals surface area contributed by atoms with Crippen LogP contribution in [0.4, 0.5) is 0 Å². The summed E-state index contributed by atoms with van der Waals surface area (Å²) in [5.74, 6) is 0.345. The Bertz CT molecular complexity index is 185. The number of hydrogen-bond donors (Lipinski definition) is 1. The zero-order chi connectivity index (χ0) is 9.35. The molecule has 0 bridgehead atoms. The van der Waals surface area contributed by atoms with Gasteiger partial charge in [0.25, 0.3) is 0 Å². The van der Waals surface area contributed by atoms with Gasteiger partial charge in [-0.15, -0.1) is 0 Å². The van der Waals surface area contributed by atoms with Crippen LogP contribution in [0.1, 0.15) is 13.8 Å². The molecule has 0 atom stereocenters.